The molecule has 0 aromatic rings. The first kappa shape index (κ1) is 7.06. The van der Waals surface area contributed by atoms with Crippen molar-refractivity contribution in [3.8, 4) is 0 Å². The summed E-state index contributed by atoms with van der Waals surface area (Å²) in [6, 6.07) is 0. The SMILES string of the molecule is COC1=NC=CCC=CC1. The highest BCUT2D eigenvalue weighted by molar-refractivity contribution is 5.78. The van der Waals surface area contributed by atoms with Crippen LogP contribution in [0.5, 0.6) is 0 Å². The number of rotatable bonds is 0. The lowest BCUT2D eigenvalue weighted by atomic mass is 10.3. The molecule has 2 heteroatoms. The first-order valence-electron chi connectivity index (χ1n) is 3.34. The number of nitrogens with zero attached hydrogens (tertiary/aromatic N) is 1. The molecule has 0 saturated heterocycles. The van der Waals surface area contributed by atoms with Crippen LogP contribution in [0.4, 0.5) is 0 Å². The van der Waals surface area contributed by atoms with Crippen molar-refractivity contribution in [2.75, 3.05) is 7.11 Å². The second kappa shape index (κ2) is 3.88. The molecule has 0 unspecified atom stereocenters. The number of methoxy groups -OCH3 is 1. The van der Waals surface area contributed by atoms with Crippen molar-refractivity contribution in [1.82, 2.24) is 0 Å². The Labute approximate surface area is 60.9 Å². The molecule has 0 N–H and O–H groups in total. The Morgan fingerprint density at radius 1 is 1.40 bits per heavy atom. The molecule has 1 aliphatic rings. The largest absolute Gasteiger partial charge is 0.484 e. The Morgan fingerprint density at radius 3 is 3.10 bits per heavy atom. The smallest absolute Gasteiger partial charge is 0.191 e. The zero-order chi connectivity index (χ0) is 7.23. The van der Waals surface area contributed by atoms with Gasteiger partial charge in [0.05, 0.1) is 7.11 Å². The van der Waals surface area contributed by atoms with E-state index in [0.29, 0.717) is 0 Å². The van der Waals surface area contributed by atoms with Gasteiger partial charge < -0.3 is 4.74 Å². The maximum atomic E-state index is 4.97. The van der Waals surface area contributed by atoms with E-state index in [1.165, 1.54) is 0 Å². The molecule has 2 nitrogen and oxygen atoms in total. The number of allylic oxidation sites excluding steroid dienone is 2. The van der Waals surface area contributed by atoms with Crippen LogP contribution in [0.25, 0.3) is 0 Å². The molecule has 1 rings (SSSR count). The van der Waals surface area contributed by atoms with Gasteiger partial charge in [0.25, 0.3) is 0 Å². The summed E-state index contributed by atoms with van der Waals surface area (Å²) in [6.07, 6.45) is 9.72. The van der Waals surface area contributed by atoms with Crippen LogP contribution in [-0.2, 0) is 4.74 Å². The lowest BCUT2D eigenvalue weighted by molar-refractivity contribution is 0.395. The summed E-state index contributed by atoms with van der Waals surface area (Å²) < 4.78 is 4.97. The van der Waals surface area contributed by atoms with Crippen LogP contribution in [-0.4, -0.2) is 13.0 Å². The van der Waals surface area contributed by atoms with Gasteiger partial charge in [-0.15, -0.1) is 0 Å². The average Bonchev–Trinajstić information content (AvgIpc) is 1.87. The van der Waals surface area contributed by atoms with E-state index >= 15 is 0 Å². The lowest BCUT2D eigenvalue weighted by Crippen LogP contribution is -1.98. The minimum absolute atomic E-state index is 0.771. The molecule has 0 aliphatic carbocycles. The van der Waals surface area contributed by atoms with Crippen LogP contribution >= 0.6 is 0 Å². The van der Waals surface area contributed by atoms with Gasteiger partial charge in [0.2, 0.25) is 0 Å². The van der Waals surface area contributed by atoms with E-state index in [-0.39, 0.29) is 0 Å². The van der Waals surface area contributed by atoms with Gasteiger partial charge in [-0.1, -0.05) is 18.2 Å². The van der Waals surface area contributed by atoms with Gasteiger partial charge in [0.15, 0.2) is 5.90 Å². The van der Waals surface area contributed by atoms with E-state index in [2.05, 4.69) is 17.1 Å². The molecule has 0 aromatic heterocycles. The Balaban J connectivity index is 2.62. The summed E-state index contributed by atoms with van der Waals surface area (Å²) in [5.74, 6) is 0.771. The van der Waals surface area contributed by atoms with Crippen LogP contribution in [0, 0.1) is 0 Å². The summed E-state index contributed by atoms with van der Waals surface area (Å²) in [4.78, 5) is 4.06. The Kier molecular flexibility index (Phi) is 2.74. The number of hydrogen-bond donors (Lipinski definition) is 0. The summed E-state index contributed by atoms with van der Waals surface area (Å²) >= 11 is 0. The molecule has 0 bridgehead atoms. The second-order valence-electron chi connectivity index (χ2n) is 2.02. The minimum Gasteiger partial charge on any atom is -0.484 e. The fourth-order valence-electron chi connectivity index (χ4n) is 0.744. The van der Waals surface area contributed by atoms with Gasteiger partial charge in [-0.2, -0.15) is 0 Å². The molecule has 1 heterocycles. The fourth-order valence-corrected chi connectivity index (χ4v) is 0.744. The lowest BCUT2D eigenvalue weighted by Gasteiger charge is -2.00. The van der Waals surface area contributed by atoms with Gasteiger partial charge in [0.1, 0.15) is 0 Å². The second-order valence-corrected chi connectivity index (χ2v) is 2.02. The monoisotopic (exact) mass is 137 g/mol. The first-order valence-corrected chi connectivity index (χ1v) is 3.34. The molecule has 10 heavy (non-hydrogen) atoms. The predicted octanol–water partition coefficient (Wildman–Crippen LogP) is 1.89. The first-order chi connectivity index (χ1) is 4.93. The van der Waals surface area contributed by atoms with Crippen molar-refractivity contribution < 1.29 is 4.74 Å². The molecule has 0 atom stereocenters. The standard InChI is InChI=1S/C8H11NO/c1-10-8-6-4-2-3-5-7-9-8/h2,4-5,7H,3,6H2,1H3. The Bertz CT molecular complexity index is 180. The molecule has 0 aromatic carbocycles. The van der Waals surface area contributed by atoms with Gasteiger partial charge in [-0.25, -0.2) is 4.99 Å². The highest BCUT2D eigenvalue weighted by atomic mass is 16.5. The number of aliphatic imine (C=N–C) groups is 1. The molecule has 0 saturated carbocycles. The highest BCUT2D eigenvalue weighted by Gasteiger charge is 1.92. The predicted molar refractivity (Wildman–Crippen MR) is 42.0 cm³/mol. The van der Waals surface area contributed by atoms with E-state index in [9.17, 15) is 0 Å². The van der Waals surface area contributed by atoms with Gasteiger partial charge in [-0.3, -0.25) is 0 Å². The molecular weight excluding hydrogens is 126 g/mol. The van der Waals surface area contributed by atoms with E-state index in [1.54, 1.807) is 13.3 Å². The third-order valence-electron chi connectivity index (χ3n) is 1.29. The van der Waals surface area contributed by atoms with Crippen LogP contribution in [0.15, 0.2) is 29.4 Å². The highest BCUT2D eigenvalue weighted by Crippen LogP contribution is 1.98. The van der Waals surface area contributed by atoms with Crippen LogP contribution in [0.1, 0.15) is 12.8 Å². The molecule has 0 amide bonds. The normalized spacial score (nSPS) is 17.5. The topological polar surface area (TPSA) is 21.6 Å². The summed E-state index contributed by atoms with van der Waals surface area (Å²) in [7, 11) is 1.64. The van der Waals surface area contributed by atoms with Crippen LogP contribution < -0.4 is 0 Å². The van der Waals surface area contributed by atoms with Crippen LogP contribution in [0.3, 0.4) is 0 Å². The Morgan fingerprint density at radius 2 is 2.30 bits per heavy atom. The van der Waals surface area contributed by atoms with Gasteiger partial charge in [-0.05, 0) is 6.42 Å². The van der Waals surface area contributed by atoms with Gasteiger partial charge in [0, 0.05) is 12.6 Å². The fraction of sp³-hybridized carbons (Fsp3) is 0.375. The third-order valence-corrected chi connectivity index (χ3v) is 1.29. The molecule has 0 spiro atoms. The van der Waals surface area contributed by atoms with Gasteiger partial charge >= 0.3 is 0 Å². The van der Waals surface area contributed by atoms with Crippen molar-refractivity contribution >= 4 is 5.90 Å². The molecule has 54 valence electrons. The van der Waals surface area contributed by atoms with E-state index in [1.807, 2.05) is 6.08 Å². The molecule has 1 aliphatic heterocycles. The van der Waals surface area contributed by atoms with Crippen molar-refractivity contribution in [2.45, 2.75) is 12.8 Å². The number of hydrogen-bond acceptors (Lipinski definition) is 2. The van der Waals surface area contributed by atoms with Crippen molar-refractivity contribution in [3.63, 3.8) is 0 Å². The van der Waals surface area contributed by atoms with E-state index in [0.717, 1.165) is 18.7 Å². The minimum atomic E-state index is 0.771. The zero-order valence-electron chi connectivity index (χ0n) is 6.08. The zero-order valence-corrected chi connectivity index (χ0v) is 6.08. The van der Waals surface area contributed by atoms with E-state index < -0.39 is 0 Å². The number of ether oxygens (including phenoxy) is 1. The van der Waals surface area contributed by atoms with Crippen molar-refractivity contribution in [2.24, 2.45) is 4.99 Å². The third kappa shape index (κ3) is 2.05. The quantitative estimate of drug-likeness (QED) is 0.467. The Hall–Kier alpha value is -1.05. The van der Waals surface area contributed by atoms with Crippen LogP contribution in [0.2, 0.25) is 0 Å². The maximum Gasteiger partial charge on any atom is 0.191 e. The molecule has 0 radical (unpaired) electrons. The average molecular weight is 137 g/mol. The maximum absolute atomic E-state index is 4.97. The molecule has 0 fully saturated rings. The summed E-state index contributed by atoms with van der Waals surface area (Å²) in [5, 5.41) is 0. The summed E-state index contributed by atoms with van der Waals surface area (Å²) in [6.45, 7) is 0. The molecular formula is C8H11NO. The van der Waals surface area contributed by atoms with Crippen molar-refractivity contribution in [3.05, 3.63) is 24.4 Å². The van der Waals surface area contributed by atoms with Crippen molar-refractivity contribution in [1.29, 1.82) is 0 Å². The summed E-state index contributed by atoms with van der Waals surface area (Å²) in [5.41, 5.74) is 0. The van der Waals surface area contributed by atoms with E-state index in [4.69, 9.17) is 4.74 Å².